The summed E-state index contributed by atoms with van der Waals surface area (Å²) in [5.41, 5.74) is 5.81. The molecular weight excluding hydrogens is 462 g/mol. The van der Waals surface area contributed by atoms with E-state index in [0.717, 1.165) is 33.9 Å². The topological polar surface area (TPSA) is 122 Å². The molecule has 0 radical (unpaired) electrons. The van der Waals surface area contributed by atoms with Gasteiger partial charge in [0, 0.05) is 17.1 Å². The third-order valence-electron chi connectivity index (χ3n) is 6.06. The third kappa shape index (κ3) is 5.98. The monoisotopic (exact) mass is 487 g/mol. The van der Waals surface area contributed by atoms with Crippen LogP contribution in [0.4, 0.5) is 0 Å². The number of hydrazone groups is 1. The molecule has 0 spiro atoms. The lowest BCUT2D eigenvalue weighted by Crippen LogP contribution is -2.19. The fourth-order valence-corrected chi connectivity index (χ4v) is 4.39. The van der Waals surface area contributed by atoms with Crippen LogP contribution in [0.15, 0.2) is 88.7 Å². The largest absolute Gasteiger partial charge is 0.507 e. The Hall–Kier alpha value is -5.01. The average molecular weight is 488 g/mol. The Morgan fingerprint density at radius 1 is 1.11 bits per heavy atom. The molecular formula is C30H25N5O2. The fourth-order valence-electron chi connectivity index (χ4n) is 4.39. The summed E-state index contributed by atoms with van der Waals surface area (Å²) in [7, 11) is 0. The molecule has 1 aliphatic rings. The van der Waals surface area contributed by atoms with E-state index in [0.29, 0.717) is 12.0 Å². The van der Waals surface area contributed by atoms with Crippen molar-refractivity contribution in [3.8, 4) is 17.9 Å². The SMILES string of the molecule is CC1(C)CC(/C=C/c2ccc(O)c(/C=N/NC(=O)c3nccc4ccccc34)c2)=CC(=C(C#N)C#N)C1. The number of nitrogens with zero attached hydrogens (tertiary/aromatic N) is 4. The first-order chi connectivity index (χ1) is 17.8. The predicted octanol–water partition coefficient (Wildman–Crippen LogP) is 5.81. The van der Waals surface area contributed by atoms with Gasteiger partial charge in [0.2, 0.25) is 0 Å². The van der Waals surface area contributed by atoms with Crippen LogP contribution in [0.2, 0.25) is 0 Å². The first-order valence-corrected chi connectivity index (χ1v) is 11.7. The van der Waals surface area contributed by atoms with Crippen molar-refractivity contribution in [3.63, 3.8) is 0 Å². The minimum Gasteiger partial charge on any atom is -0.507 e. The summed E-state index contributed by atoms with van der Waals surface area (Å²) in [6.45, 7) is 4.22. The maximum Gasteiger partial charge on any atom is 0.290 e. The molecule has 3 aromatic rings. The van der Waals surface area contributed by atoms with Gasteiger partial charge in [0.05, 0.1) is 6.21 Å². The first kappa shape index (κ1) is 25.1. The molecule has 7 nitrogen and oxygen atoms in total. The Bertz CT molecular complexity index is 1560. The maximum absolute atomic E-state index is 12.6. The van der Waals surface area contributed by atoms with E-state index in [9.17, 15) is 20.4 Å². The molecule has 2 aromatic carbocycles. The van der Waals surface area contributed by atoms with Crippen molar-refractivity contribution in [1.29, 1.82) is 10.5 Å². The molecule has 0 fully saturated rings. The number of carbonyl (C=O) groups is 1. The summed E-state index contributed by atoms with van der Waals surface area (Å²) in [4.78, 5) is 16.8. The van der Waals surface area contributed by atoms with Gasteiger partial charge in [-0.1, -0.05) is 62.4 Å². The van der Waals surface area contributed by atoms with E-state index in [1.807, 2.05) is 60.7 Å². The van der Waals surface area contributed by atoms with Crippen LogP contribution in [0.1, 0.15) is 48.3 Å². The lowest BCUT2D eigenvalue weighted by molar-refractivity contribution is 0.0952. The van der Waals surface area contributed by atoms with Crippen LogP contribution in [-0.4, -0.2) is 22.2 Å². The molecule has 1 aromatic heterocycles. The van der Waals surface area contributed by atoms with Crippen molar-refractivity contribution in [2.24, 2.45) is 10.5 Å². The van der Waals surface area contributed by atoms with Crippen molar-refractivity contribution in [2.45, 2.75) is 26.7 Å². The van der Waals surface area contributed by atoms with Crippen molar-refractivity contribution in [1.82, 2.24) is 10.4 Å². The summed E-state index contributed by atoms with van der Waals surface area (Å²) < 4.78 is 0. The number of phenolic OH excluding ortho intramolecular Hbond substituents is 1. The number of nitriles is 2. The number of allylic oxidation sites excluding steroid dienone is 5. The Labute approximate surface area is 215 Å². The van der Waals surface area contributed by atoms with E-state index < -0.39 is 5.91 Å². The van der Waals surface area contributed by atoms with Gasteiger partial charge in [0.15, 0.2) is 0 Å². The number of hydrogen-bond acceptors (Lipinski definition) is 6. The molecule has 1 aliphatic carbocycles. The molecule has 2 N–H and O–H groups in total. The smallest absolute Gasteiger partial charge is 0.290 e. The standard InChI is InChI=1S/C30H25N5O2/c1-30(2)15-21(14-23(16-30)25(17-31)18-32)8-7-20-9-10-27(36)24(13-20)19-34-35-29(37)28-26-6-4-3-5-22(26)11-12-33-28/h3-14,19,36H,15-16H2,1-2H3,(H,35,37)/b8-7+,34-19+. The van der Waals surface area contributed by atoms with Crippen molar-refractivity contribution < 1.29 is 9.90 Å². The summed E-state index contributed by atoms with van der Waals surface area (Å²) in [5.74, 6) is -0.428. The fraction of sp³-hybridized carbons (Fsp3) is 0.167. The minimum absolute atomic E-state index is 0.0225. The van der Waals surface area contributed by atoms with Crippen LogP contribution in [-0.2, 0) is 0 Å². The van der Waals surface area contributed by atoms with Crippen molar-refractivity contribution in [2.75, 3.05) is 0 Å². The zero-order valence-corrected chi connectivity index (χ0v) is 20.6. The number of fused-ring (bicyclic) bond motifs is 1. The molecule has 1 amide bonds. The molecule has 0 saturated carbocycles. The highest BCUT2D eigenvalue weighted by Crippen LogP contribution is 2.39. The normalized spacial score (nSPS) is 14.8. The second-order valence-electron chi connectivity index (χ2n) is 9.59. The van der Waals surface area contributed by atoms with Gasteiger partial charge in [0.25, 0.3) is 5.91 Å². The van der Waals surface area contributed by atoms with E-state index >= 15 is 0 Å². The molecule has 0 atom stereocenters. The zero-order valence-electron chi connectivity index (χ0n) is 20.6. The van der Waals surface area contributed by atoms with E-state index in [1.165, 1.54) is 6.21 Å². The molecule has 7 heteroatoms. The summed E-state index contributed by atoms with van der Waals surface area (Å²) >= 11 is 0. The molecule has 0 bridgehead atoms. The molecule has 1 heterocycles. The second kappa shape index (κ2) is 10.7. The number of phenols is 1. The van der Waals surface area contributed by atoms with Gasteiger partial charge in [-0.15, -0.1) is 0 Å². The molecule has 37 heavy (non-hydrogen) atoms. The van der Waals surface area contributed by atoms with Gasteiger partial charge in [-0.3, -0.25) is 9.78 Å². The molecule has 0 aliphatic heterocycles. The highest BCUT2D eigenvalue weighted by atomic mass is 16.3. The van der Waals surface area contributed by atoms with Gasteiger partial charge in [-0.2, -0.15) is 15.6 Å². The zero-order chi connectivity index (χ0) is 26.4. The quantitative estimate of drug-likeness (QED) is 0.267. The Morgan fingerprint density at radius 2 is 1.89 bits per heavy atom. The lowest BCUT2D eigenvalue weighted by Gasteiger charge is -2.30. The second-order valence-corrected chi connectivity index (χ2v) is 9.59. The van der Waals surface area contributed by atoms with Gasteiger partial charge in [0.1, 0.15) is 29.2 Å². The molecule has 0 saturated heterocycles. The number of rotatable bonds is 5. The van der Waals surface area contributed by atoms with E-state index in [-0.39, 0.29) is 22.4 Å². The van der Waals surface area contributed by atoms with E-state index in [4.69, 9.17) is 0 Å². The highest BCUT2D eigenvalue weighted by Gasteiger charge is 2.26. The van der Waals surface area contributed by atoms with Gasteiger partial charge >= 0.3 is 0 Å². The number of pyridine rings is 1. The van der Waals surface area contributed by atoms with Crippen LogP contribution in [0.5, 0.6) is 5.75 Å². The van der Waals surface area contributed by atoms with E-state index in [1.54, 1.807) is 24.4 Å². The maximum atomic E-state index is 12.6. The number of aromatic hydroxyl groups is 1. The Morgan fingerprint density at radius 3 is 2.68 bits per heavy atom. The molecule has 0 unspecified atom stereocenters. The molecule has 182 valence electrons. The molecule has 4 rings (SSSR count). The number of aromatic nitrogens is 1. The first-order valence-electron chi connectivity index (χ1n) is 11.7. The summed E-state index contributed by atoms with van der Waals surface area (Å²) in [6.07, 6.45) is 10.2. The highest BCUT2D eigenvalue weighted by molar-refractivity contribution is 6.05. The minimum atomic E-state index is -0.451. The van der Waals surface area contributed by atoms with Crippen LogP contribution < -0.4 is 5.43 Å². The van der Waals surface area contributed by atoms with Gasteiger partial charge < -0.3 is 5.11 Å². The number of benzene rings is 2. The number of carbonyl (C=O) groups excluding carboxylic acids is 1. The predicted molar refractivity (Wildman–Crippen MR) is 143 cm³/mol. The number of amides is 1. The van der Waals surface area contributed by atoms with Gasteiger partial charge in [-0.25, -0.2) is 5.43 Å². The van der Waals surface area contributed by atoms with E-state index in [2.05, 4.69) is 29.4 Å². The summed E-state index contributed by atoms with van der Waals surface area (Å²) in [5, 5.41) is 34.5. The number of hydrogen-bond donors (Lipinski definition) is 2. The van der Waals surface area contributed by atoms with Crippen LogP contribution in [0, 0.1) is 28.1 Å². The van der Waals surface area contributed by atoms with Crippen LogP contribution in [0.25, 0.3) is 16.8 Å². The Balaban J connectivity index is 1.52. The van der Waals surface area contributed by atoms with Gasteiger partial charge in [-0.05, 0) is 58.6 Å². The summed E-state index contributed by atoms with van der Waals surface area (Å²) in [6, 6.07) is 18.3. The van der Waals surface area contributed by atoms with Crippen molar-refractivity contribution >= 4 is 29.0 Å². The number of nitrogens with one attached hydrogen (secondary N) is 1. The average Bonchev–Trinajstić information content (AvgIpc) is 2.88. The third-order valence-corrected chi connectivity index (χ3v) is 6.06. The van der Waals surface area contributed by atoms with Crippen LogP contribution in [0.3, 0.4) is 0 Å². The van der Waals surface area contributed by atoms with Crippen LogP contribution >= 0.6 is 0 Å². The lowest BCUT2D eigenvalue weighted by atomic mass is 9.74. The Kier molecular flexibility index (Phi) is 7.27. The van der Waals surface area contributed by atoms with Crippen molar-refractivity contribution in [3.05, 3.63) is 100 Å².